The Hall–Kier alpha value is -8.75. The van der Waals surface area contributed by atoms with Crippen LogP contribution in [0.4, 0.5) is 37.7 Å². The normalized spacial score (nSPS) is 14.4. The number of pyridine rings is 2. The molecular weight excluding hydrogens is 1130 g/mol. The van der Waals surface area contributed by atoms with Crippen molar-refractivity contribution < 1.29 is 72.0 Å². The van der Waals surface area contributed by atoms with Crippen LogP contribution in [0.2, 0.25) is 5.02 Å². The summed E-state index contributed by atoms with van der Waals surface area (Å²) in [5, 5.41) is 23.9. The van der Waals surface area contributed by atoms with Crippen LogP contribution >= 0.6 is 11.6 Å². The minimum atomic E-state index is -4.51. The van der Waals surface area contributed by atoms with Crippen LogP contribution in [-0.2, 0) is 30.9 Å². The number of aromatic amines is 1. The summed E-state index contributed by atoms with van der Waals surface area (Å²) < 4.78 is 163. The van der Waals surface area contributed by atoms with E-state index in [0.717, 1.165) is 24.3 Å². The number of carboxylic acid groups (broad SMARTS) is 1. The van der Waals surface area contributed by atoms with Gasteiger partial charge in [0.1, 0.15) is 11.6 Å². The Labute approximate surface area is 461 Å². The lowest BCUT2D eigenvalue weighted by Gasteiger charge is -2.21. The lowest BCUT2D eigenvalue weighted by Crippen LogP contribution is -2.26. The van der Waals surface area contributed by atoms with Gasteiger partial charge in [-0.2, -0.15) is 5.21 Å². The number of alkyl halides is 4. The lowest BCUT2D eigenvalue weighted by molar-refractivity contribution is -0.287. The van der Waals surface area contributed by atoms with Crippen LogP contribution in [-0.4, -0.2) is 71.1 Å². The van der Waals surface area contributed by atoms with Crippen molar-refractivity contribution in [3.63, 3.8) is 0 Å². The molecule has 4 N–H and O–H groups in total. The molecule has 18 nitrogen and oxygen atoms in total. The van der Waals surface area contributed by atoms with Gasteiger partial charge >= 0.3 is 18.6 Å². The molecule has 9 aromatic rings. The van der Waals surface area contributed by atoms with Gasteiger partial charge in [-0.1, -0.05) is 89.5 Å². The Balaban J connectivity index is 0.000000182. The second-order valence-corrected chi connectivity index (χ2v) is 24.0. The Morgan fingerprint density at radius 2 is 1.12 bits per heavy atom. The Morgan fingerprint density at radius 1 is 0.617 bits per heavy atom. The molecule has 3 aromatic heterocycles. The van der Waals surface area contributed by atoms with Crippen LogP contribution in [0.3, 0.4) is 0 Å². The van der Waals surface area contributed by atoms with Crippen molar-refractivity contribution in [2.45, 2.75) is 74.8 Å². The number of benzene rings is 6. The third-order valence-electron chi connectivity index (χ3n) is 12.7. The topological polar surface area (TPSA) is 247 Å². The van der Waals surface area contributed by atoms with E-state index in [1.807, 2.05) is 0 Å². The van der Waals surface area contributed by atoms with Gasteiger partial charge in [0, 0.05) is 52.0 Å². The number of tetrazole rings is 1. The van der Waals surface area contributed by atoms with E-state index >= 15 is 0 Å². The number of sulfonamides is 2. The zero-order valence-electron chi connectivity index (χ0n) is 42.8. The highest BCUT2D eigenvalue weighted by molar-refractivity contribution is 7.93. The molecule has 0 saturated carbocycles. The molecule has 0 spiro atoms. The van der Waals surface area contributed by atoms with Gasteiger partial charge in [-0.3, -0.25) is 19.4 Å². The molecule has 0 saturated heterocycles. The zero-order chi connectivity index (χ0) is 58.4. The molecule has 0 radical (unpaired) electrons. The summed E-state index contributed by atoms with van der Waals surface area (Å²) in [5.74, 6) is -4.22. The predicted molar refractivity (Wildman–Crippen MR) is 284 cm³/mol. The molecule has 418 valence electrons. The largest absolute Gasteiger partial charge is 0.586 e. The molecule has 0 bridgehead atoms. The number of fused-ring (bicyclic) bond motifs is 4. The number of aromatic nitrogens is 6. The summed E-state index contributed by atoms with van der Waals surface area (Å²) in [6.45, 7) is 10.7. The van der Waals surface area contributed by atoms with Gasteiger partial charge in [0.05, 0.1) is 42.8 Å². The first-order valence-electron chi connectivity index (χ1n) is 23.9. The van der Waals surface area contributed by atoms with Crippen LogP contribution in [0.5, 0.6) is 23.0 Å². The number of carboxylic acids is 1. The number of carbonyl (C=O) groups is 1. The number of hydrogen-bond acceptors (Lipinski definition) is 14. The minimum Gasteiger partial charge on any atom is -0.478 e. The van der Waals surface area contributed by atoms with Crippen molar-refractivity contribution in [3.8, 4) is 56.6 Å². The molecule has 0 aliphatic carbocycles. The number of ether oxygens (including phenoxy) is 4. The number of rotatable bonds is 10. The average molecular weight is 1180 g/mol. The maximum absolute atomic E-state index is 14.9. The first-order chi connectivity index (χ1) is 37.9. The number of H-pyrrole nitrogens is 1. The first-order valence-corrected chi connectivity index (χ1v) is 27.2. The van der Waals surface area contributed by atoms with Crippen molar-refractivity contribution in [1.29, 1.82) is 0 Å². The SMILES string of the molecule is CC(C)(C)c1ccc(S(=O)(=O)Nc2cc3c(c(Cl)c2-c2ccc(C(=O)O)c4ncccc24)OC(F)(F)O3)cc1F.CC(C)(C)c1ccc(S(=O)(=O)Nc2cc3c(cc2-c2ccc(-c4nn[nH]n4)c4ncccc24)OC(F)(F)O3)cc1F. The van der Waals surface area contributed by atoms with E-state index in [9.17, 15) is 53.1 Å². The average Bonchev–Trinajstić information content (AvgIpc) is 4.23. The van der Waals surface area contributed by atoms with E-state index in [1.54, 1.807) is 72.0 Å². The second-order valence-electron chi connectivity index (χ2n) is 20.3. The highest BCUT2D eigenvalue weighted by Gasteiger charge is 2.47. The van der Waals surface area contributed by atoms with Gasteiger partial charge in [-0.15, -0.1) is 27.8 Å². The Bertz CT molecular complexity index is 4300. The van der Waals surface area contributed by atoms with E-state index in [1.165, 1.54) is 60.8 Å². The Kier molecular flexibility index (Phi) is 13.6. The van der Waals surface area contributed by atoms with E-state index in [4.69, 9.17) is 11.6 Å². The number of hydrogen-bond donors (Lipinski definition) is 4. The first kappa shape index (κ1) is 55.6. The van der Waals surface area contributed by atoms with Gasteiger partial charge in [0.2, 0.25) is 5.82 Å². The van der Waals surface area contributed by atoms with Gasteiger partial charge in [-0.25, -0.2) is 30.4 Å². The zero-order valence-corrected chi connectivity index (χ0v) is 45.2. The summed E-state index contributed by atoms with van der Waals surface area (Å²) in [7, 11) is -8.90. The molecule has 81 heavy (non-hydrogen) atoms. The third kappa shape index (κ3) is 10.8. The molecule has 27 heteroatoms. The van der Waals surface area contributed by atoms with Crippen molar-refractivity contribution in [2.75, 3.05) is 9.44 Å². The highest BCUT2D eigenvalue weighted by atomic mass is 35.5. The monoisotopic (exact) mass is 1170 g/mol. The fraction of sp³-hybridized carbons (Fsp3) is 0.185. The maximum Gasteiger partial charge on any atom is 0.586 e. The van der Waals surface area contributed by atoms with Crippen LogP contribution in [0.25, 0.3) is 55.4 Å². The van der Waals surface area contributed by atoms with E-state index in [2.05, 4.69) is 59.0 Å². The standard InChI is InChI=1S/C27H20ClF3N2O6S.C27H21F3N6O4S/c1-26(2,3)17-9-6-13(11-18(17)29)40(36,37)33-19-12-20-24(39-27(30,31)38-20)22(28)21(19)14-7-8-16(25(34)35)23-15(14)5-4-10-32-23;1-26(2,3)19-9-6-14(11-20(19)28)41(37,38)34-21-13-23-22(39-27(29,30)40-23)12-18(21)15-7-8-17(25-32-35-36-33-25)24-16(15)5-4-10-31-24/h4-12,33H,1-3H3,(H,34,35);4-13,34H,1-3H3,(H,32,33,35,36). The van der Waals surface area contributed by atoms with Crippen LogP contribution in [0.15, 0.2) is 125 Å². The summed E-state index contributed by atoms with van der Waals surface area (Å²) in [6.07, 6.45) is -5.12. The molecule has 2 aliphatic rings. The van der Waals surface area contributed by atoms with E-state index in [-0.39, 0.29) is 72.3 Å². The molecule has 6 aromatic carbocycles. The summed E-state index contributed by atoms with van der Waals surface area (Å²) >= 11 is 6.53. The molecule has 0 atom stereocenters. The highest BCUT2D eigenvalue weighted by Crippen LogP contribution is 2.54. The lowest BCUT2D eigenvalue weighted by atomic mass is 9.87. The quantitative estimate of drug-likeness (QED) is 0.0930. The molecule has 0 fully saturated rings. The number of nitrogens with one attached hydrogen (secondary N) is 3. The fourth-order valence-corrected chi connectivity index (χ4v) is 11.6. The summed E-state index contributed by atoms with van der Waals surface area (Å²) in [6, 6.07) is 22.6. The van der Waals surface area contributed by atoms with Gasteiger partial charge < -0.3 is 24.1 Å². The van der Waals surface area contributed by atoms with E-state index in [0.29, 0.717) is 27.6 Å². The van der Waals surface area contributed by atoms with Gasteiger partial charge in [0.25, 0.3) is 20.0 Å². The number of aromatic carboxylic acids is 1. The van der Waals surface area contributed by atoms with Crippen LogP contribution < -0.4 is 28.4 Å². The van der Waals surface area contributed by atoms with Crippen molar-refractivity contribution in [3.05, 3.63) is 149 Å². The number of nitrogens with zero attached hydrogens (tertiary/aromatic N) is 5. The van der Waals surface area contributed by atoms with Crippen molar-refractivity contribution in [1.82, 2.24) is 30.6 Å². The van der Waals surface area contributed by atoms with E-state index < -0.39 is 82.5 Å². The molecule has 2 aliphatic heterocycles. The molecule has 11 rings (SSSR count). The smallest absolute Gasteiger partial charge is 0.478 e. The third-order valence-corrected chi connectivity index (χ3v) is 15.8. The summed E-state index contributed by atoms with van der Waals surface area (Å²) in [4.78, 5) is 19.5. The summed E-state index contributed by atoms with van der Waals surface area (Å²) in [5.41, 5.74) is 0.566. The van der Waals surface area contributed by atoms with Crippen LogP contribution in [0.1, 0.15) is 63.0 Å². The van der Waals surface area contributed by atoms with Crippen molar-refractivity contribution >= 4 is 70.8 Å². The molecule has 5 heterocycles. The molecular formula is C54H41ClF6N8O10S2. The number of anilines is 2. The maximum atomic E-state index is 14.9. The second kappa shape index (κ2) is 19.8. The fourth-order valence-electron chi connectivity index (χ4n) is 9.07. The van der Waals surface area contributed by atoms with Crippen molar-refractivity contribution in [2.24, 2.45) is 0 Å². The van der Waals surface area contributed by atoms with Crippen LogP contribution in [0, 0.1) is 11.6 Å². The number of halogens is 7. The minimum absolute atomic E-state index is 0.0419. The van der Waals surface area contributed by atoms with Gasteiger partial charge in [-0.05, 0) is 92.9 Å². The molecule has 0 amide bonds. The Morgan fingerprint density at radius 3 is 1.68 bits per heavy atom. The predicted octanol–water partition coefficient (Wildman–Crippen LogP) is 12.5. The molecule has 0 unspecified atom stereocenters. The van der Waals surface area contributed by atoms with Gasteiger partial charge in [0.15, 0.2) is 23.0 Å².